The van der Waals surface area contributed by atoms with Gasteiger partial charge in [0.05, 0.1) is 7.11 Å². The van der Waals surface area contributed by atoms with Gasteiger partial charge in [-0.15, -0.1) is 0 Å². The second-order valence-corrected chi connectivity index (χ2v) is 8.81. The molecule has 4 aromatic rings. The van der Waals surface area contributed by atoms with Gasteiger partial charge in [-0.25, -0.2) is 0 Å². The highest BCUT2D eigenvalue weighted by Gasteiger charge is 2.18. The average Bonchev–Trinajstić information content (AvgIpc) is 3.46. The average molecular weight is 461 g/mol. The maximum absolute atomic E-state index is 13.1. The maximum atomic E-state index is 13.1. The van der Waals surface area contributed by atoms with Gasteiger partial charge in [-0.2, -0.15) is 0 Å². The summed E-state index contributed by atoms with van der Waals surface area (Å²) in [5, 5.41) is 2.11. The van der Waals surface area contributed by atoms with Crippen molar-refractivity contribution in [3.8, 4) is 5.75 Å². The number of ether oxygens (including phenoxy) is 1. The fraction of sp³-hybridized carbons (Fsp3) is 0.333. The first-order valence-electron chi connectivity index (χ1n) is 11.7. The normalized spacial score (nSPS) is 11.3. The SMILES string of the molecule is CCN(CCN(C=O)Cc1ccc2ccn(C(C)C)c2c1)C(=O)c1cc2cc(OC)ccc2[nH]1. The number of likely N-dealkylation sites (N-methyl/N-ethyl adjacent to an activating group) is 1. The summed E-state index contributed by atoms with van der Waals surface area (Å²) in [5.74, 6) is 0.665. The van der Waals surface area contributed by atoms with E-state index in [-0.39, 0.29) is 5.91 Å². The molecule has 0 saturated carbocycles. The molecular formula is C27H32N4O3. The van der Waals surface area contributed by atoms with Crippen molar-refractivity contribution in [2.75, 3.05) is 26.7 Å². The summed E-state index contributed by atoms with van der Waals surface area (Å²) >= 11 is 0. The van der Waals surface area contributed by atoms with Crippen molar-refractivity contribution < 1.29 is 14.3 Å². The maximum Gasteiger partial charge on any atom is 0.270 e. The number of benzene rings is 2. The first-order chi connectivity index (χ1) is 16.4. The summed E-state index contributed by atoms with van der Waals surface area (Å²) in [4.78, 5) is 31.6. The monoisotopic (exact) mass is 460 g/mol. The van der Waals surface area contributed by atoms with Crippen LogP contribution in [0.25, 0.3) is 21.8 Å². The Hall–Kier alpha value is -3.74. The number of fused-ring (bicyclic) bond motifs is 2. The number of carbonyl (C=O) groups excluding carboxylic acids is 2. The molecule has 0 radical (unpaired) electrons. The lowest BCUT2D eigenvalue weighted by atomic mass is 10.1. The van der Waals surface area contributed by atoms with Gasteiger partial charge in [-0.05, 0) is 68.1 Å². The van der Waals surface area contributed by atoms with Crippen molar-refractivity contribution in [2.24, 2.45) is 0 Å². The number of methoxy groups -OCH3 is 1. The molecule has 0 spiro atoms. The zero-order valence-corrected chi connectivity index (χ0v) is 20.2. The largest absolute Gasteiger partial charge is 0.497 e. The highest BCUT2D eigenvalue weighted by atomic mass is 16.5. The molecule has 0 saturated heterocycles. The van der Waals surface area contributed by atoms with E-state index < -0.39 is 0 Å². The molecule has 2 aromatic carbocycles. The number of amides is 2. The number of nitrogens with one attached hydrogen (secondary N) is 1. The fourth-order valence-electron chi connectivity index (χ4n) is 4.32. The molecule has 0 fully saturated rings. The minimum Gasteiger partial charge on any atom is -0.497 e. The van der Waals surface area contributed by atoms with Gasteiger partial charge in [0.1, 0.15) is 11.4 Å². The molecular weight excluding hydrogens is 428 g/mol. The second-order valence-electron chi connectivity index (χ2n) is 8.81. The lowest BCUT2D eigenvalue weighted by Gasteiger charge is -2.24. The van der Waals surface area contributed by atoms with E-state index in [2.05, 4.69) is 53.9 Å². The van der Waals surface area contributed by atoms with Gasteiger partial charge in [-0.3, -0.25) is 9.59 Å². The van der Waals surface area contributed by atoms with Crippen LogP contribution in [0.15, 0.2) is 54.7 Å². The zero-order valence-electron chi connectivity index (χ0n) is 20.2. The Morgan fingerprint density at radius 3 is 2.62 bits per heavy atom. The molecule has 7 heteroatoms. The number of nitrogens with zero attached hydrogens (tertiary/aromatic N) is 3. The van der Waals surface area contributed by atoms with Crippen molar-refractivity contribution >= 4 is 34.1 Å². The number of H-pyrrole nitrogens is 1. The Morgan fingerprint density at radius 1 is 1.09 bits per heavy atom. The van der Waals surface area contributed by atoms with Crippen molar-refractivity contribution in [2.45, 2.75) is 33.4 Å². The van der Waals surface area contributed by atoms with Gasteiger partial charge < -0.3 is 24.1 Å². The third-order valence-corrected chi connectivity index (χ3v) is 6.26. The quantitative estimate of drug-likeness (QED) is 0.345. The van der Waals surface area contributed by atoms with Gasteiger partial charge in [0, 0.05) is 54.8 Å². The Labute approximate surface area is 199 Å². The van der Waals surface area contributed by atoms with Crippen LogP contribution in [0.4, 0.5) is 0 Å². The molecule has 0 unspecified atom stereocenters. The lowest BCUT2D eigenvalue weighted by Crippen LogP contribution is -2.38. The van der Waals surface area contributed by atoms with E-state index in [0.717, 1.165) is 28.6 Å². The Kier molecular flexibility index (Phi) is 6.91. The smallest absolute Gasteiger partial charge is 0.270 e. The Bertz CT molecular complexity index is 1300. The molecule has 2 heterocycles. The van der Waals surface area contributed by atoms with E-state index in [4.69, 9.17) is 4.74 Å². The summed E-state index contributed by atoms with van der Waals surface area (Å²) in [5.41, 5.74) is 3.65. The second kappa shape index (κ2) is 10.0. The number of rotatable bonds is 10. The predicted molar refractivity (Wildman–Crippen MR) is 135 cm³/mol. The molecule has 7 nitrogen and oxygen atoms in total. The van der Waals surface area contributed by atoms with Crippen LogP contribution in [0.5, 0.6) is 5.75 Å². The van der Waals surface area contributed by atoms with Crippen LogP contribution in [-0.2, 0) is 11.3 Å². The predicted octanol–water partition coefficient (Wildman–Crippen LogP) is 4.83. The molecule has 0 aliphatic carbocycles. The number of hydrogen-bond acceptors (Lipinski definition) is 3. The molecule has 0 atom stereocenters. The first kappa shape index (κ1) is 23.4. The van der Waals surface area contributed by atoms with Crippen LogP contribution in [0.2, 0.25) is 0 Å². The summed E-state index contributed by atoms with van der Waals surface area (Å²) in [6.07, 6.45) is 2.96. The molecule has 0 aliphatic rings. The minimum absolute atomic E-state index is 0.0836. The number of hydrogen-bond donors (Lipinski definition) is 1. The first-order valence-corrected chi connectivity index (χ1v) is 11.7. The lowest BCUT2D eigenvalue weighted by molar-refractivity contribution is -0.118. The van der Waals surface area contributed by atoms with E-state index in [1.807, 2.05) is 31.2 Å². The van der Waals surface area contributed by atoms with Crippen molar-refractivity contribution in [3.05, 3.63) is 66.0 Å². The molecule has 1 N–H and O–H groups in total. The molecule has 0 aliphatic heterocycles. The van der Waals surface area contributed by atoms with Crippen LogP contribution in [0, 0.1) is 0 Å². The molecule has 34 heavy (non-hydrogen) atoms. The summed E-state index contributed by atoms with van der Waals surface area (Å²) < 4.78 is 7.51. The summed E-state index contributed by atoms with van der Waals surface area (Å²) in [6, 6.07) is 16.3. The van der Waals surface area contributed by atoms with Gasteiger partial charge in [0.25, 0.3) is 5.91 Å². The van der Waals surface area contributed by atoms with Crippen LogP contribution >= 0.6 is 0 Å². The van der Waals surface area contributed by atoms with E-state index >= 15 is 0 Å². The van der Waals surface area contributed by atoms with Crippen molar-refractivity contribution in [3.63, 3.8) is 0 Å². The standard InChI is InChI=1S/C27H32N4O3/c1-5-30(27(33)25-16-22-15-23(34-4)8-9-24(22)28-25)13-12-29(18-32)17-20-6-7-21-10-11-31(19(2)3)26(21)14-20/h6-11,14-16,18-19,28H,5,12-13,17H2,1-4H3. The Morgan fingerprint density at radius 2 is 1.91 bits per heavy atom. The third kappa shape index (κ3) is 4.78. The Balaban J connectivity index is 1.44. The van der Waals surface area contributed by atoms with E-state index in [1.54, 1.807) is 16.9 Å². The van der Waals surface area contributed by atoms with Crippen molar-refractivity contribution in [1.29, 1.82) is 0 Å². The molecule has 2 amide bonds. The van der Waals surface area contributed by atoms with E-state index in [9.17, 15) is 9.59 Å². The van der Waals surface area contributed by atoms with E-state index in [0.29, 0.717) is 37.9 Å². The van der Waals surface area contributed by atoms with Gasteiger partial charge in [0.2, 0.25) is 6.41 Å². The zero-order chi connectivity index (χ0) is 24.2. The molecule has 178 valence electrons. The van der Waals surface area contributed by atoms with E-state index in [1.165, 1.54) is 10.9 Å². The third-order valence-electron chi connectivity index (χ3n) is 6.26. The number of aromatic nitrogens is 2. The number of aromatic amines is 1. The number of carbonyl (C=O) groups is 2. The van der Waals surface area contributed by atoms with Gasteiger partial charge >= 0.3 is 0 Å². The van der Waals surface area contributed by atoms with Crippen molar-refractivity contribution in [1.82, 2.24) is 19.4 Å². The molecule has 4 rings (SSSR count). The summed E-state index contributed by atoms with van der Waals surface area (Å²) in [6.45, 7) is 8.23. The molecule has 0 bridgehead atoms. The van der Waals surface area contributed by atoms with Crippen LogP contribution in [0.1, 0.15) is 42.9 Å². The highest BCUT2D eigenvalue weighted by Crippen LogP contribution is 2.23. The summed E-state index contributed by atoms with van der Waals surface area (Å²) in [7, 11) is 1.62. The topological polar surface area (TPSA) is 70.6 Å². The molecule has 2 aromatic heterocycles. The van der Waals surface area contributed by atoms with Crippen LogP contribution < -0.4 is 4.74 Å². The van der Waals surface area contributed by atoms with Gasteiger partial charge in [-0.1, -0.05) is 12.1 Å². The van der Waals surface area contributed by atoms with Crippen LogP contribution in [-0.4, -0.2) is 58.4 Å². The van der Waals surface area contributed by atoms with Gasteiger partial charge in [0.15, 0.2) is 0 Å². The highest BCUT2D eigenvalue weighted by molar-refractivity contribution is 5.98. The minimum atomic E-state index is -0.0836. The van der Waals surface area contributed by atoms with Crippen LogP contribution in [0.3, 0.4) is 0 Å². The fourth-order valence-corrected chi connectivity index (χ4v) is 4.32.